The van der Waals surface area contributed by atoms with Crippen LogP contribution >= 0.6 is 11.3 Å². The van der Waals surface area contributed by atoms with E-state index >= 15 is 0 Å². The molecule has 1 aromatic rings. The summed E-state index contributed by atoms with van der Waals surface area (Å²) in [7, 11) is 0. The van der Waals surface area contributed by atoms with E-state index in [1.165, 1.54) is 11.8 Å². The molecule has 26 heavy (non-hydrogen) atoms. The summed E-state index contributed by atoms with van der Waals surface area (Å²) in [5, 5.41) is 11.5. The number of hydrogen-bond donors (Lipinski definition) is 1. The summed E-state index contributed by atoms with van der Waals surface area (Å²) in [6.07, 6.45) is -0.810. The Balaban J connectivity index is 1.59. The average molecular weight is 388 g/mol. The van der Waals surface area contributed by atoms with Gasteiger partial charge in [0.1, 0.15) is 5.01 Å². The van der Waals surface area contributed by atoms with Crippen LogP contribution in [0.3, 0.4) is 0 Å². The topological polar surface area (TPSA) is 53.4 Å². The highest BCUT2D eigenvalue weighted by atomic mass is 32.1. The number of thiazole rings is 1. The second-order valence-electron chi connectivity index (χ2n) is 8.31. The average Bonchev–Trinajstić information content (AvgIpc) is 2.87. The van der Waals surface area contributed by atoms with Crippen molar-refractivity contribution in [2.75, 3.05) is 6.54 Å². The number of halogens is 3. The number of aromatic nitrogens is 1. The first-order valence-corrected chi connectivity index (χ1v) is 10.0. The third kappa shape index (κ3) is 3.05. The Morgan fingerprint density at radius 2 is 1.85 bits per heavy atom. The van der Waals surface area contributed by atoms with Crippen LogP contribution < -0.4 is 0 Å². The van der Waals surface area contributed by atoms with Crippen LogP contribution in [0, 0.1) is 24.7 Å². The smallest absolute Gasteiger partial charge is 0.374 e. The highest BCUT2D eigenvalue weighted by Crippen LogP contribution is 2.49. The molecule has 0 spiro atoms. The minimum Gasteiger partial charge on any atom is -0.374 e. The quantitative estimate of drug-likeness (QED) is 0.860. The standard InChI is InChI=1S/C18H23F3N2O2S/c1-10-9-26-16(22-10)17(25,18(19,20)21)7-15(24)23-8-13-3-11-2-12(4-13)6-14(23)5-11/h9,11-14,25H,2-8H2,1H3/t11-,12+,13?,14?,17-/m0/s1. The Bertz CT molecular complexity index is 693. The SMILES string of the molecule is Cc1csc([C@@](O)(CC(=O)N2CC3C[C@@H]4CC2C[C@H](C3)C4)C(F)(F)F)n1. The Labute approximate surface area is 154 Å². The van der Waals surface area contributed by atoms with Gasteiger partial charge in [-0.15, -0.1) is 11.3 Å². The lowest BCUT2D eigenvalue weighted by molar-refractivity contribution is -0.268. The van der Waals surface area contributed by atoms with E-state index in [0.29, 0.717) is 30.0 Å². The molecule has 1 amide bonds. The summed E-state index contributed by atoms with van der Waals surface area (Å²) in [4.78, 5) is 18.4. The molecule has 2 unspecified atom stereocenters. The normalized spacial score (nSPS) is 33.2. The number of carbonyl (C=O) groups excluding carboxylic acids is 1. The van der Waals surface area contributed by atoms with Crippen molar-refractivity contribution >= 4 is 17.2 Å². The maximum atomic E-state index is 13.7. The maximum absolute atomic E-state index is 13.7. The minimum atomic E-state index is -4.95. The molecule has 3 heterocycles. The number of aliphatic hydroxyl groups is 1. The number of carbonyl (C=O) groups is 1. The summed E-state index contributed by atoms with van der Waals surface area (Å²) in [5.74, 6) is 0.976. The fourth-order valence-corrected chi connectivity index (χ4v) is 6.17. The molecule has 2 aliphatic heterocycles. The molecule has 8 heteroatoms. The molecule has 2 saturated carbocycles. The second-order valence-corrected chi connectivity index (χ2v) is 9.16. The molecular formula is C18H23F3N2O2S. The third-order valence-electron chi connectivity index (χ3n) is 6.28. The Morgan fingerprint density at radius 1 is 1.23 bits per heavy atom. The molecule has 144 valence electrons. The third-order valence-corrected chi connectivity index (χ3v) is 7.39. The second kappa shape index (κ2) is 6.19. The fraction of sp³-hybridized carbons (Fsp3) is 0.778. The van der Waals surface area contributed by atoms with Crippen LogP contribution in [0.25, 0.3) is 0 Å². The lowest BCUT2D eigenvalue weighted by atomic mass is 9.68. The van der Waals surface area contributed by atoms with Crippen molar-refractivity contribution in [3.63, 3.8) is 0 Å². The van der Waals surface area contributed by atoms with Gasteiger partial charge in [-0.25, -0.2) is 4.98 Å². The van der Waals surface area contributed by atoms with E-state index in [1.807, 2.05) is 0 Å². The zero-order chi connectivity index (χ0) is 18.7. The van der Waals surface area contributed by atoms with Gasteiger partial charge in [-0.2, -0.15) is 13.2 Å². The number of alkyl halides is 3. The Kier molecular flexibility index (Phi) is 4.34. The van der Waals surface area contributed by atoms with E-state index in [2.05, 4.69) is 4.98 Å². The minimum absolute atomic E-state index is 0.0225. The van der Waals surface area contributed by atoms with Gasteiger partial charge in [-0.05, 0) is 56.8 Å². The van der Waals surface area contributed by atoms with Crippen molar-refractivity contribution in [2.45, 2.75) is 63.3 Å². The summed E-state index contributed by atoms with van der Waals surface area (Å²) in [6.45, 7) is 2.10. The molecule has 1 N–H and O–H groups in total. The highest BCUT2D eigenvalue weighted by Gasteiger charge is 2.59. The molecule has 4 fully saturated rings. The predicted octanol–water partition coefficient (Wildman–Crippen LogP) is 3.63. The van der Waals surface area contributed by atoms with Gasteiger partial charge in [0.15, 0.2) is 0 Å². The molecular weight excluding hydrogens is 365 g/mol. The maximum Gasteiger partial charge on any atom is 0.424 e. The largest absolute Gasteiger partial charge is 0.424 e. The van der Waals surface area contributed by atoms with Crippen molar-refractivity contribution < 1.29 is 23.1 Å². The highest BCUT2D eigenvalue weighted by molar-refractivity contribution is 7.09. The number of amides is 1. The lowest BCUT2D eigenvalue weighted by Crippen LogP contribution is -2.49. The van der Waals surface area contributed by atoms with Crippen molar-refractivity contribution in [3.8, 4) is 0 Å². The first-order chi connectivity index (χ1) is 12.2. The summed E-state index contributed by atoms with van der Waals surface area (Å²) >= 11 is 0.751. The van der Waals surface area contributed by atoms with Gasteiger partial charge in [0.25, 0.3) is 0 Å². The number of hydrogen-bond acceptors (Lipinski definition) is 4. The van der Waals surface area contributed by atoms with Crippen molar-refractivity contribution in [1.29, 1.82) is 0 Å². The molecule has 5 rings (SSSR count). The molecule has 0 aromatic carbocycles. The van der Waals surface area contributed by atoms with E-state index in [-0.39, 0.29) is 6.04 Å². The molecule has 2 saturated heterocycles. The summed E-state index contributed by atoms with van der Waals surface area (Å²) in [5.41, 5.74) is -2.81. The van der Waals surface area contributed by atoms with Gasteiger partial charge in [0.05, 0.1) is 6.42 Å². The van der Waals surface area contributed by atoms with Crippen LogP contribution in [-0.2, 0) is 10.4 Å². The Morgan fingerprint density at radius 3 is 2.38 bits per heavy atom. The van der Waals surface area contributed by atoms with Gasteiger partial charge in [-0.1, -0.05) is 0 Å². The van der Waals surface area contributed by atoms with E-state index in [0.717, 1.165) is 37.0 Å². The summed E-state index contributed by atoms with van der Waals surface area (Å²) in [6, 6.07) is 0.0225. The van der Waals surface area contributed by atoms with Crippen LogP contribution in [0.1, 0.15) is 49.2 Å². The van der Waals surface area contributed by atoms with Gasteiger partial charge in [0, 0.05) is 23.7 Å². The van der Waals surface area contributed by atoms with Gasteiger partial charge in [-0.3, -0.25) is 4.79 Å². The Hall–Kier alpha value is -1.15. The number of fused-ring (bicyclic) bond motifs is 1. The van der Waals surface area contributed by atoms with E-state index in [4.69, 9.17) is 0 Å². The van der Waals surface area contributed by atoms with Crippen molar-refractivity contribution in [2.24, 2.45) is 17.8 Å². The molecule has 4 bridgehead atoms. The summed E-state index contributed by atoms with van der Waals surface area (Å²) < 4.78 is 41.1. The molecule has 4 nitrogen and oxygen atoms in total. The van der Waals surface area contributed by atoms with E-state index in [1.54, 1.807) is 11.8 Å². The van der Waals surface area contributed by atoms with Crippen LogP contribution in [0.2, 0.25) is 0 Å². The molecule has 2 aliphatic carbocycles. The number of rotatable bonds is 3. The van der Waals surface area contributed by atoms with Gasteiger partial charge < -0.3 is 10.0 Å². The first kappa shape index (κ1) is 18.2. The number of aryl methyl sites for hydroxylation is 1. The zero-order valence-corrected chi connectivity index (χ0v) is 15.4. The molecule has 0 radical (unpaired) electrons. The van der Waals surface area contributed by atoms with E-state index in [9.17, 15) is 23.1 Å². The van der Waals surface area contributed by atoms with Gasteiger partial charge >= 0.3 is 6.18 Å². The number of nitrogens with zero attached hydrogens (tertiary/aromatic N) is 2. The lowest BCUT2D eigenvalue weighted by Gasteiger charge is -2.39. The molecule has 4 aliphatic rings. The zero-order valence-electron chi connectivity index (χ0n) is 14.6. The van der Waals surface area contributed by atoms with E-state index < -0.39 is 29.1 Å². The predicted molar refractivity (Wildman–Crippen MR) is 90.5 cm³/mol. The van der Waals surface area contributed by atoms with Crippen LogP contribution in [0.15, 0.2) is 5.38 Å². The fourth-order valence-electron chi connectivity index (χ4n) is 5.25. The van der Waals surface area contributed by atoms with Gasteiger partial charge in [0.2, 0.25) is 11.5 Å². The van der Waals surface area contributed by atoms with Crippen molar-refractivity contribution in [3.05, 3.63) is 16.1 Å². The monoisotopic (exact) mass is 388 g/mol. The van der Waals surface area contributed by atoms with Crippen LogP contribution in [-0.4, -0.2) is 39.7 Å². The van der Waals surface area contributed by atoms with Crippen LogP contribution in [0.4, 0.5) is 13.2 Å². The van der Waals surface area contributed by atoms with Crippen molar-refractivity contribution in [1.82, 2.24) is 9.88 Å². The molecule has 5 atom stereocenters. The molecule has 1 aromatic heterocycles. The first-order valence-electron chi connectivity index (χ1n) is 9.17. The van der Waals surface area contributed by atoms with Crippen LogP contribution in [0.5, 0.6) is 0 Å².